The third kappa shape index (κ3) is 54.4. The van der Waals surface area contributed by atoms with Crippen molar-refractivity contribution in [1.29, 1.82) is 0 Å². The number of hydrogen-bond donors (Lipinski definition) is 4. The standard InChI is InChI=1S/C5H14O3Si.2C2H6O.CH4O.Ti/c1-4-7-9(3,6)8-5-2;2*1-2-3;1-2;/h6H,4-5H2,1-3H3;2*3H,2H2,1H3;2H,1H3;. The summed E-state index contributed by atoms with van der Waals surface area (Å²) in [5, 5.41) is 22.1. The van der Waals surface area contributed by atoms with Crippen LogP contribution in [-0.4, -0.2) is 62.5 Å². The SMILES string of the molecule is CCO.CCO.CCO[Si](C)(O)OCC.CO.[Ti]. The van der Waals surface area contributed by atoms with Crippen LogP contribution < -0.4 is 0 Å². The molecule has 6 nitrogen and oxygen atoms in total. The molecule has 0 heterocycles. The molecule has 0 aliphatic carbocycles. The second-order valence-electron chi connectivity index (χ2n) is 2.40. The average Bonchev–Trinajstić information content (AvgIpc) is 2.22. The van der Waals surface area contributed by atoms with Gasteiger partial charge in [0.15, 0.2) is 0 Å². The van der Waals surface area contributed by atoms with Gasteiger partial charge in [0.25, 0.3) is 0 Å². The normalized spacial score (nSPS) is 8.33. The molecule has 0 unspecified atom stereocenters. The molecule has 114 valence electrons. The van der Waals surface area contributed by atoms with Gasteiger partial charge in [-0.3, -0.25) is 0 Å². The molecule has 0 bridgehead atoms. The molecule has 0 aliphatic rings. The molecule has 4 N–H and O–H groups in total. The van der Waals surface area contributed by atoms with Crippen molar-refractivity contribution >= 4 is 8.80 Å². The van der Waals surface area contributed by atoms with E-state index in [9.17, 15) is 4.80 Å². The predicted molar refractivity (Wildman–Crippen MR) is 70.8 cm³/mol. The summed E-state index contributed by atoms with van der Waals surface area (Å²) >= 11 is 0. The minimum atomic E-state index is -2.70. The quantitative estimate of drug-likeness (QED) is 0.553. The van der Waals surface area contributed by atoms with Gasteiger partial charge in [-0.05, 0) is 27.7 Å². The molecule has 0 aromatic rings. The van der Waals surface area contributed by atoms with Gasteiger partial charge < -0.3 is 29.0 Å². The largest absolute Gasteiger partial charge is 0.494 e. The van der Waals surface area contributed by atoms with Gasteiger partial charge in [0.05, 0.1) is 0 Å². The molecule has 0 atom stereocenters. The fraction of sp³-hybridized carbons (Fsp3) is 1.00. The molecule has 0 radical (unpaired) electrons. The third-order valence-corrected chi connectivity index (χ3v) is 2.47. The topological polar surface area (TPSA) is 99.4 Å². The Bertz CT molecular complexity index is 98.4. The van der Waals surface area contributed by atoms with E-state index in [0.717, 1.165) is 7.11 Å². The average molecular weight is 322 g/mol. The summed E-state index contributed by atoms with van der Waals surface area (Å²) in [7, 11) is -1.70. The van der Waals surface area contributed by atoms with Crippen molar-refractivity contribution in [2.75, 3.05) is 33.5 Å². The summed E-state index contributed by atoms with van der Waals surface area (Å²) in [4.78, 5) is 9.21. The number of rotatable bonds is 4. The van der Waals surface area contributed by atoms with Crippen LogP contribution in [0.25, 0.3) is 0 Å². The predicted octanol–water partition coefficient (Wildman–Crippen LogP) is 0.224. The van der Waals surface area contributed by atoms with E-state index in [1.54, 1.807) is 20.4 Å². The molecule has 0 rings (SSSR count). The van der Waals surface area contributed by atoms with E-state index in [4.69, 9.17) is 24.2 Å². The van der Waals surface area contributed by atoms with Gasteiger partial charge in [-0.15, -0.1) is 0 Å². The molecule has 0 saturated heterocycles. The van der Waals surface area contributed by atoms with E-state index in [2.05, 4.69) is 0 Å². The maximum absolute atomic E-state index is 9.21. The molecule has 0 fully saturated rings. The number of aliphatic hydroxyl groups excluding tert-OH is 3. The minimum Gasteiger partial charge on any atom is -0.400 e. The molecule has 18 heavy (non-hydrogen) atoms. The molecule has 0 saturated carbocycles. The Kier molecular flexibility index (Phi) is 53.1. The zero-order valence-electron chi connectivity index (χ0n) is 12.4. The van der Waals surface area contributed by atoms with Crippen LogP contribution in [0.4, 0.5) is 0 Å². The van der Waals surface area contributed by atoms with Crippen LogP contribution in [0.2, 0.25) is 6.55 Å². The Morgan fingerprint density at radius 1 is 0.833 bits per heavy atom. The van der Waals surface area contributed by atoms with Gasteiger partial charge in [0.1, 0.15) is 0 Å². The van der Waals surface area contributed by atoms with Gasteiger partial charge in [0, 0.05) is 61.8 Å². The maximum Gasteiger partial charge on any atom is 0.494 e. The first-order chi connectivity index (χ1) is 7.95. The van der Waals surface area contributed by atoms with E-state index in [-0.39, 0.29) is 34.9 Å². The van der Waals surface area contributed by atoms with Crippen molar-refractivity contribution < 1.29 is 50.7 Å². The smallest absolute Gasteiger partial charge is 0.400 e. The summed E-state index contributed by atoms with van der Waals surface area (Å²) in [6.07, 6.45) is 0. The molecule has 8 heteroatoms. The monoisotopic (exact) mass is 322 g/mol. The van der Waals surface area contributed by atoms with Crippen LogP contribution >= 0.6 is 0 Å². The van der Waals surface area contributed by atoms with Gasteiger partial charge in [-0.2, -0.15) is 0 Å². The van der Waals surface area contributed by atoms with Gasteiger partial charge in [0.2, 0.25) is 0 Å². The van der Waals surface area contributed by atoms with Crippen molar-refractivity contribution in [2.24, 2.45) is 0 Å². The van der Waals surface area contributed by atoms with Crippen molar-refractivity contribution in [2.45, 2.75) is 34.2 Å². The molecule has 0 aliphatic heterocycles. The van der Waals surface area contributed by atoms with Crippen molar-refractivity contribution in [3.63, 3.8) is 0 Å². The zero-order chi connectivity index (χ0) is 14.7. The first kappa shape index (κ1) is 31.2. The molecule has 0 aromatic heterocycles. The summed E-state index contributed by atoms with van der Waals surface area (Å²) < 4.78 is 9.88. The molecule has 0 aromatic carbocycles. The summed E-state index contributed by atoms with van der Waals surface area (Å²) in [5.41, 5.74) is 0. The van der Waals surface area contributed by atoms with Gasteiger partial charge in [-0.25, -0.2) is 0 Å². The Labute approximate surface area is 127 Å². The fourth-order valence-corrected chi connectivity index (χ4v) is 1.73. The first-order valence-electron chi connectivity index (χ1n) is 5.62. The Balaban J connectivity index is -0.0000000528. The van der Waals surface area contributed by atoms with Crippen LogP contribution in [0.5, 0.6) is 0 Å². The van der Waals surface area contributed by atoms with Gasteiger partial charge >= 0.3 is 8.80 Å². The van der Waals surface area contributed by atoms with Gasteiger partial charge in [-0.1, -0.05) is 0 Å². The molecular weight excluding hydrogens is 292 g/mol. The van der Waals surface area contributed by atoms with Crippen molar-refractivity contribution in [1.82, 2.24) is 0 Å². The molecule has 0 spiro atoms. The second-order valence-corrected chi connectivity index (χ2v) is 4.77. The Morgan fingerprint density at radius 2 is 1.00 bits per heavy atom. The maximum atomic E-state index is 9.21. The van der Waals surface area contributed by atoms with E-state index < -0.39 is 8.80 Å². The van der Waals surface area contributed by atoms with E-state index in [1.165, 1.54) is 0 Å². The van der Waals surface area contributed by atoms with Crippen LogP contribution in [0.1, 0.15) is 27.7 Å². The summed E-state index contributed by atoms with van der Waals surface area (Å²) in [6.45, 7) is 10.2. The fourth-order valence-electron chi connectivity index (χ4n) is 0.577. The van der Waals surface area contributed by atoms with Crippen LogP contribution in [-0.2, 0) is 30.6 Å². The first-order valence-corrected chi connectivity index (χ1v) is 7.88. The zero-order valence-corrected chi connectivity index (χ0v) is 15.0. The minimum absolute atomic E-state index is 0. The summed E-state index contributed by atoms with van der Waals surface area (Å²) in [5.74, 6) is 0. The Morgan fingerprint density at radius 3 is 1.11 bits per heavy atom. The van der Waals surface area contributed by atoms with Crippen molar-refractivity contribution in [3.8, 4) is 0 Å². The van der Waals surface area contributed by atoms with Crippen LogP contribution in [0.15, 0.2) is 0 Å². The van der Waals surface area contributed by atoms with E-state index in [1.807, 2.05) is 13.8 Å². The van der Waals surface area contributed by atoms with Crippen LogP contribution in [0.3, 0.4) is 0 Å². The summed E-state index contributed by atoms with van der Waals surface area (Å²) in [6, 6.07) is 0. The number of hydrogen-bond acceptors (Lipinski definition) is 6. The third-order valence-electron chi connectivity index (χ3n) is 0.824. The van der Waals surface area contributed by atoms with Crippen molar-refractivity contribution in [3.05, 3.63) is 0 Å². The van der Waals surface area contributed by atoms with E-state index in [0.29, 0.717) is 13.2 Å². The van der Waals surface area contributed by atoms with Crippen LogP contribution in [0, 0.1) is 0 Å². The molecular formula is C10H30O6SiTi. The second kappa shape index (κ2) is 30.6. The molecule has 0 amide bonds. The van der Waals surface area contributed by atoms with E-state index >= 15 is 0 Å². The number of aliphatic hydroxyl groups is 3. The Hall–Kier alpha value is 0.691.